The maximum Gasteiger partial charge on any atom is 0.419 e. The summed E-state index contributed by atoms with van der Waals surface area (Å²) in [7, 11) is 2.34. The van der Waals surface area contributed by atoms with Gasteiger partial charge in [-0.25, -0.2) is 13.2 Å². The average Bonchev–Trinajstić information content (AvgIpc) is 3.04. The topological polar surface area (TPSA) is 111 Å². The van der Waals surface area contributed by atoms with Crippen LogP contribution < -0.4 is 5.76 Å². The van der Waals surface area contributed by atoms with Gasteiger partial charge in [0.15, 0.2) is 11.9 Å². The van der Waals surface area contributed by atoms with Crippen molar-refractivity contribution in [2.45, 2.75) is 24.0 Å². The first-order valence-electron chi connectivity index (χ1n) is 9.59. The number of sulfonamides is 1. The quantitative estimate of drug-likeness (QED) is 0.579. The molecule has 30 heavy (non-hydrogen) atoms. The van der Waals surface area contributed by atoms with E-state index in [1.165, 1.54) is 40.1 Å². The molecule has 0 N–H and O–H groups in total. The van der Waals surface area contributed by atoms with Gasteiger partial charge in [0.1, 0.15) is 0 Å². The maximum atomic E-state index is 13.2. The molecule has 0 bridgehead atoms. The first kappa shape index (κ1) is 22.5. The monoisotopic (exact) mass is 441 g/mol. The highest BCUT2D eigenvalue weighted by Gasteiger charge is 2.35. The van der Waals surface area contributed by atoms with E-state index < -0.39 is 28.0 Å². The Morgan fingerprint density at radius 3 is 2.70 bits per heavy atom. The fourth-order valence-electron chi connectivity index (χ4n) is 3.66. The lowest BCUT2D eigenvalue weighted by Crippen LogP contribution is -2.47. The molecule has 11 heteroatoms. The van der Waals surface area contributed by atoms with Crippen molar-refractivity contribution in [1.29, 1.82) is 0 Å². The Balaban J connectivity index is 1.78. The molecule has 10 nitrogen and oxygen atoms in total. The van der Waals surface area contributed by atoms with Crippen LogP contribution in [0.4, 0.5) is 0 Å². The lowest BCUT2D eigenvalue weighted by Gasteiger charge is -2.33. The normalized spacial score (nSPS) is 18.2. The number of carbonyl (C=O) groups is 1. The number of hydrogen-bond donors (Lipinski definition) is 0. The molecule has 0 spiro atoms. The number of carbonyl (C=O) groups excluding carboxylic acids is 1. The van der Waals surface area contributed by atoms with Crippen LogP contribution in [-0.4, -0.2) is 75.3 Å². The number of aromatic nitrogens is 1. The van der Waals surface area contributed by atoms with Crippen molar-refractivity contribution in [3.63, 3.8) is 0 Å². The van der Waals surface area contributed by atoms with E-state index in [2.05, 4.69) is 0 Å². The van der Waals surface area contributed by atoms with Crippen LogP contribution in [0.25, 0.3) is 11.1 Å². The number of fused-ring (bicyclic) bond motifs is 1. The molecular formula is C19H27N3O7S. The van der Waals surface area contributed by atoms with Crippen LogP contribution in [0.3, 0.4) is 0 Å². The number of methoxy groups -OCH3 is 2. The summed E-state index contributed by atoms with van der Waals surface area (Å²) in [6.45, 7) is 0.664. The zero-order chi connectivity index (χ0) is 22.1. The standard InChI is InChI=1S/C19H27N3O7S/c1-20(12-17(27-3)28-4)18(23)13-6-5-9-22(11-13)30(25,26)14-7-8-15-16(10-14)29-19(24)21(15)2/h7-8,10,13,17H,5-6,9,11-12H2,1-4H3/t13-/m0/s1. The number of benzene rings is 1. The number of likely N-dealkylation sites (N-methyl/N-ethyl adjacent to an activating group) is 1. The van der Waals surface area contributed by atoms with Crippen LogP contribution >= 0.6 is 0 Å². The maximum absolute atomic E-state index is 13.2. The van der Waals surface area contributed by atoms with Gasteiger partial charge in [0, 0.05) is 47.5 Å². The van der Waals surface area contributed by atoms with Crippen molar-refractivity contribution in [3.8, 4) is 0 Å². The van der Waals surface area contributed by atoms with Crippen LogP contribution in [0.2, 0.25) is 0 Å². The third-order valence-electron chi connectivity index (χ3n) is 5.46. The zero-order valence-corrected chi connectivity index (χ0v) is 18.3. The molecule has 0 aliphatic carbocycles. The Kier molecular flexibility index (Phi) is 6.65. The van der Waals surface area contributed by atoms with Crippen molar-refractivity contribution in [2.24, 2.45) is 13.0 Å². The number of oxazole rings is 1. The summed E-state index contributed by atoms with van der Waals surface area (Å²) in [5.74, 6) is -1.17. The smallest absolute Gasteiger partial charge is 0.408 e. The molecule has 1 aliphatic heterocycles. The van der Waals surface area contributed by atoms with Crippen molar-refractivity contribution < 1.29 is 27.1 Å². The summed E-state index contributed by atoms with van der Waals surface area (Å²) in [6, 6.07) is 4.35. The number of amides is 1. The van der Waals surface area contributed by atoms with E-state index in [1.54, 1.807) is 20.2 Å². The SMILES string of the molecule is COC(CN(C)C(=O)[C@H]1CCCN(S(=O)(=O)c2ccc3c(c2)oc(=O)n3C)C1)OC. The molecule has 0 radical (unpaired) electrons. The zero-order valence-electron chi connectivity index (χ0n) is 17.5. The summed E-state index contributed by atoms with van der Waals surface area (Å²) >= 11 is 0. The van der Waals surface area contributed by atoms with Crippen LogP contribution in [0.15, 0.2) is 32.3 Å². The fourth-order valence-corrected chi connectivity index (χ4v) is 5.20. The highest BCUT2D eigenvalue weighted by atomic mass is 32.2. The molecule has 1 fully saturated rings. The summed E-state index contributed by atoms with van der Waals surface area (Å²) in [5, 5.41) is 0. The number of nitrogens with zero attached hydrogens (tertiary/aromatic N) is 3. The van der Waals surface area contributed by atoms with E-state index in [1.807, 2.05) is 0 Å². The van der Waals surface area contributed by atoms with Crippen LogP contribution in [0, 0.1) is 5.92 Å². The Bertz CT molecular complexity index is 1070. The molecular weight excluding hydrogens is 414 g/mol. The van der Waals surface area contributed by atoms with E-state index in [0.717, 1.165) is 0 Å². The molecule has 166 valence electrons. The van der Waals surface area contributed by atoms with Gasteiger partial charge < -0.3 is 18.8 Å². The van der Waals surface area contributed by atoms with Crippen LogP contribution in [0.1, 0.15) is 12.8 Å². The highest BCUT2D eigenvalue weighted by molar-refractivity contribution is 7.89. The first-order chi connectivity index (χ1) is 14.2. The van der Waals surface area contributed by atoms with Gasteiger partial charge in [0.05, 0.1) is 22.9 Å². The predicted molar refractivity (Wildman–Crippen MR) is 108 cm³/mol. The largest absolute Gasteiger partial charge is 0.419 e. The van der Waals surface area contributed by atoms with E-state index in [0.29, 0.717) is 24.9 Å². The van der Waals surface area contributed by atoms with E-state index in [-0.39, 0.29) is 29.5 Å². The molecule has 0 saturated carbocycles. The predicted octanol–water partition coefficient (Wildman–Crippen LogP) is 0.610. The molecule has 2 aromatic rings. The van der Waals surface area contributed by atoms with Crippen molar-refractivity contribution in [2.75, 3.05) is 40.9 Å². The van der Waals surface area contributed by atoms with E-state index in [9.17, 15) is 18.0 Å². The Morgan fingerprint density at radius 2 is 2.03 bits per heavy atom. The molecule has 2 heterocycles. The number of ether oxygens (including phenoxy) is 2. The minimum Gasteiger partial charge on any atom is -0.408 e. The van der Waals surface area contributed by atoms with Gasteiger partial charge in [-0.3, -0.25) is 9.36 Å². The van der Waals surface area contributed by atoms with Crippen LogP contribution in [0.5, 0.6) is 0 Å². The van der Waals surface area contributed by atoms with Crippen molar-refractivity contribution >= 4 is 27.0 Å². The Hall–Kier alpha value is -2.21. The average molecular weight is 442 g/mol. The summed E-state index contributed by atoms with van der Waals surface area (Å²) < 4.78 is 44.3. The molecule has 1 saturated heterocycles. The number of aryl methyl sites for hydroxylation is 1. The molecule has 1 aromatic heterocycles. The second-order valence-corrected chi connectivity index (χ2v) is 9.32. The highest BCUT2D eigenvalue weighted by Crippen LogP contribution is 2.26. The summed E-state index contributed by atoms with van der Waals surface area (Å²) in [5.41, 5.74) is 0.719. The number of piperidine rings is 1. The van der Waals surface area contributed by atoms with Crippen LogP contribution in [-0.2, 0) is 31.3 Å². The molecule has 3 rings (SSSR count). The van der Waals surface area contributed by atoms with Gasteiger partial charge in [-0.1, -0.05) is 0 Å². The van der Waals surface area contributed by atoms with Gasteiger partial charge >= 0.3 is 5.76 Å². The molecule has 0 unspecified atom stereocenters. The van der Waals surface area contributed by atoms with E-state index >= 15 is 0 Å². The lowest BCUT2D eigenvalue weighted by molar-refractivity contribution is -0.147. The number of hydrogen-bond acceptors (Lipinski definition) is 7. The number of rotatable bonds is 7. The molecule has 1 atom stereocenters. The van der Waals surface area contributed by atoms with Crippen molar-refractivity contribution in [3.05, 3.63) is 28.7 Å². The summed E-state index contributed by atoms with van der Waals surface area (Å²) in [4.78, 5) is 26.0. The van der Waals surface area contributed by atoms with Gasteiger partial charge in [-0.05, 0) is 25.0 Å². The van der Waals surface area contributed by atoms with E-state index in [4.69, 9.17) is 13.9 Å². The van der Waals surface area contributed by atoms with Gasteiger partial charge in [-0.2, -0.15) is 4.31 Å². The third-order valence-corrected chi connectivity index (χ3v) is 7.32. The Labute approximate surface area is 175 Å². The lowest BCUT2D eigenvalue weighted by atomic mass is 9.98. The van der Waals surface area contributed by atoms with Gasteiger partial charge in [0.25, 0.3) is 0 Å². The minimum absolute atomic E-state index is 0.0321. The van der Waals surface area contributed by atoms with Gasteiger partial charge in [-0.15, -0.1) is 0 Å². The first-order valence-corrected chi connectivity index (χ1v) is 11.0. The molecule has 1 aliphatic rings. The second-order valence-electron chi connectivity index (χ2n) is 7.38. The van der Waals surface area contributed by atoms with Crippen molar-refractivity contribution in [1.82, 2.24) is 13.8 Å². The van der Waals surface area contributed by atoms with Gasteiger partial charge in [0.2, 0.25) is 15.9 Å². The summed E-state index contributed by atoms with van der Waals surface area (Å²) in [6.07, 6.45) is 0.630. The molecule has 1 amide bonds. The molecule has 1 aromatic carbocycles. The Morgan fingerprint density at radius 1 is 1.33 bits per heavy atom. The minimum atomic E-state index is -3.84. The fraction of sp³-hybridized carbons (Fsp3) is 0.579. The second kappa shape index (κ2) is 8.88. The third kappa shape index (κ3) is 4.29.